The molecule has 0 spiro atoms. The number of nitrogens with zero attached hydrogens (tertiary/aromatic N) is 5. The Labute approximate surface area is 238 Å². The number of hydrogen-bond acceptors (Lipinski definition) is 4. The molecule has 3 aromatic heterocycles. The molecule has 0 unspecified atom stereocenters. The third-order valence-corrected chi connectivity index (χ3v) is 7.94. The summed E-state index contributed by atoms with van der Waals surface area (Å²) in [6, 6.07) is 8.39. The van der Waals surface area contributed by atoms with E-state index < -0.39 is 41.7 Å². The molecule has 0 radical (unpaired) electrons. The highest BCUT2D eigenvalue weighted by atomic mass is 19.4. The van der Waals surface area contributed by atoms with Gasteiger partial charge in [0.05, 0.1) is 23.5 Å². The maximum atomic E-state index is 14.7. The van der Waals surface area contributed by atoms with E-state index in [-0.39, 0.29) is 34.5 Å². The van der Waals surface area contributed by atoms with Crippen molar-refractivity contribution in [2.45, 2.75) is 77.1 Å². The fourth-order valence-electron chi connectivity index (χ4n) is 5.87. The lowest BCUT2D eigenvalue weighted by atomic mass is 9.75. The van der Waals surface area contributed by atoms with Crippen molar-refractivity contribution in [2.75, 3.05) is 0 Å². The molecule has 5 rings (SSSR count). The van der Waals surface area contributed by atoms with E-state index in [1.807, 2.05) is 13.0 Å². The summed E-state index contributed by atoms with van der Waals surface area (Å²) in [4.78, 5) is 17.6. The zero-order chi connectivity index (χ0) is 30.2. The number of hydrogen-bond donors (Lipinski definition) is 0. The highest BCUT2D eigenvalue weighted by molar-refractivity contribution is 5.62. The number of rotatable bonds is 7. The van der Waals surface area contributed by atoms with Crippen LogP contribution in [0.5, 0.6) is 0 Å². The van der Waals surface area contributed by atoms with Crippen LogP contribution in [0, 0.1) is 12.7 Å². The van der Waals surface area contributed by atoms with E-state index in [0.717, 1.165) is 22.4 Å². The lowest BCUT2D eigenvalue weighted by Gasteiger charge is -2.30. The molecular weight excluding hydrogens is 560 g/mol. The maximum absolute atomic E-state index is 14.7. The first-order valence-corrected chi connectivity index (χ1v) is 13.7. The van der Waals surface area contributed by atoms with Gasteiger partial charge in [-0.1, -0.05) is 12.1 Å². The van der Waals surface area contributed by atoms with Gasteiger partial charge in [0.15, 0.2) is 0 Å². The van der Waals surface area contributed by atoms with Crippen molar-refractivity contribution in [1.29, 1.82) is 0 Å². The smallest absolute Gasteiger partial charge is 0.272 e. The Balaban J connectivity index is 1.57. The number of aryl methyl sites for hydroxylation is 2. The van der Waals surface area contributed by atoms with Crippen molar-refractivity contribution in [3.05, 3.63) is 98.6 Å². The van der Waals surface area contributed by atoms with Gasteiger partial charge >= 0.3 is 6.18 Å². The molecule has 4 aromatic rings. The molecule has 0 atom stereocenters. The van der Waals surface area contributed by atoms with Crippen molar-refractivity contribution in [1.82, 2.24) is 24.5 Å². The Morgan fingerprint density at radius 1 is 1.02 bits per heavy atom. The molecular formula is C30H29F6N5O. The van der Waals surface area contributed by atoms with Crippen LogP contribution in [0.2, 0.25) is 0 Å². The molecule has 222 valence electrons. The zero-order valence-electron chi connectivity index (χ0n) is 23.0. The molecule has 1 aliphatic carbocycles. The number of alkyl halides is 5. The summed E-state index contributed by atoms with van der Waals surface area (Å²) in [6.45, 7) is 3.27. The molecule has 0 N–H and O–H groups in total. The molecule has 0 saturated heterocycles. The van der Waals surface area contributed by atoms with Gasteiger partial charge < -0.3 is 0 Å². The third kappa shape index (κ3) is 5.84. The topological polar surface area (TPSA) is 65.6 Å². The van der Waals surface area contributed by atoms with Crippen molar-refractivity contribution in [3.63, 3.8) is 0 Å². The molecule has 0 aliphatic heterocycles. The highest BCUT2D eigenvalue weighted by Crippen LogP contribution is 2.42. The van der Waals surface area contributed by atoms with E-state index in [0.29, 0.717) is 37.8 Å². The van der Waals surface area contributed by atoms with Gasteiger partial charge in [-0.3, -0.25) is 14.5 Å². The Morgan fingerprint density at radius 3 is 2.38 bits per heavy atom. The summed E-state index contributed by atoms with van der Waals surface area (Å²) in [6.07, 6.45) is -2.91. The van der Waals surface area contributed by atoms with Crippen LogP contribution in [0.1, 0.15) is 84.5 Å². The van der Waals surface area contributed by atoms with Gasteiger partial charge in [0.2, 0.25) is 0 Å². The Morgan fingerprint density at radius 2 is 1.74 bits per heavy atom. The Hall–Kier alpha value is -3.96. The van der Waals surface area contributed by atoms with Gasteiger partial charge in [0.25, 0.3) is 12.0 Å². The molecule has 12 heteroatoms. The average molecular weight is 590 g/mol. The van der Waals surface area contributed by atoms with Crippen molar-refractivity contribution in [3.8, 4) is 11.3 Å². The normalized spacial score (nSPS) is 17.6. The lowest BCUT2D eigenvalue weighted by molar-refractivity contribution is -0.138. The predicted octanol–water partition coefficient (Wildman–Crippen LogP) is 7.42. The summed E-state index contributed by atoms with van der Waals surface area (Å²) in [7, 11) is 0. The minimum absolute atomic E-state index is 0.00502. The van der Waals surface area contributed by atoms with E-state index in [2.05, 4.69) is 15.2 Å². The molecule has 1 aliphatic rings. The van der Waals surface area contributed by atoms with Crippen molar-refractivity contribution < 1.29 is 26.3 Å². The quantitative estimate of drug-likeness (QED) is 0.211. The predicted molar refractivity (Wildman–Crippen MR) is 144 cm³/mol. The molecule has 42 heavy (non-hydrogen) atoms. The Bertz CT molecular complexity index is 1620. The van der Waals surface area contributed by atoms with E-state index in [9.17, 15) is 31.1 Å². The number of benzene rings is 1. The van der Waals surface area contributed by atoms with E-state index in [1.54, 1.807) is 13.0 Å². The Kier molecular flexibility index (Phi) is 8.25. The van der Waals surface area contributed by atoms with Gasteiger partial charge in [-0.2, -0.15) is 23.4 Å². The number of halogens is 6. The van der Waals surface area contributed by atoms with Gasteiger partial charge in [-0.15, -0.1) is 0 Å². The number of pyridine rings is 1. The van der Waals surface area contributed by atoms with E-state index in [1.165, 1.54) is 29.2 Å². The van der Waals surface area contributed by atoms with Crippen LogP contribution in [0.15, 0.2) is 53.6 Å². The second kappa shape index (κ2) is 11.7. The van der Waals surface area contributed by atoms with Gasteiger partial charge in [0, 0.05) is 30.1 Å². The highest BCUT2D eigenvalue weighted by Gasteiger charge is 2.35. The minimum atomic E-state index is -4.72. The second-order valence-corrected chi connectivity index (χ2v) is 10.5. The van der Waals surface area contributed by atoms with Crippen LogP contribution in [-0.4, -0.2) is 24.5 Å². The first kappa shape index (κ1) is 29.5. The lowest BCUT2D eigenvalue weighted by Crippen LogP contribution is -2.31. The molecule has 1 aromatic carbocycles. The van der Waals surface area contributed by atoms with Crippen molar-refractivity contribution in [2.24, 2.45) is 0 Å². The van der Waals surface area contributed by atoms with Crippen molar-refractivity contribution >= 4 is 0 Å². The van der Waals surface area contributed by atoms with Gasteiger partial charge in [0.1, 0.15) is 11.5 Å². The van der Waals surface area contributed by atoms with Crippen LogP contribution < -0.4 is 5.56 Å². The van der Waals surface area contributed by atoms with E-state index in [4.69, 9.17) is 0 Å². The summed E-state index contributed by atoms with van der Waals surface area (Å²) in [5.74, 6) is -0.659. The van der Waals surface area contributed by atoms with Crippen LogP contribution in [0.25, 0.3) is 11.3 Å². The monoisotopic (exact) mass is 589 g/mol. The SMILES string of the molecule is CCn1cc(-c2cc(C3CCC(c4c(C)cccc4F)CC3)c(=O)n(Cc3ncccc3C(F)(F)F)n2)c(C(F)F)n1. The van der Waals surface area contributed by atoms with Gasteiger partial charge in [-0.05, 0) is 86.8 Å². The molecule has 1 fully saturated rings. The maximum Gasteiger partial charge on any atom is 0.418 e. The molecule has 6 nitrogen and oxygen atoms in total. The standard InChI is InChI=1S/C30H29F6N5O/c1-3-40-15-21(27(39-40)28(32)33)24-14-20(18-9-11-19(12-10-18)26-17(2)6-4-8-23(26)31)29(42)41(38-24)16-25-22(30(34,35)36)7-5-13-37-25/h4-8,13-15,18-19,28H,3,9-12,16H2,1-2H3. The summed E-state index contributed by atoms with van der Waals surface area (Å²) in [5, 5.41) is 8.19. The summed E-state index contributed by atoms with van der Waals surface area (Å²) < 4.78 is 85.9. The molecule has 3 heterocycles. The summed E-state index contributed by atoms with van der Waals surface area (Å²) in [5.41, 5.74) is -0.832. The van der Waals surface area contributed by atoms with E-state index >= 15 is 0 Å². The largest absolute Gasteiger partial charge is 0.418 e. The molecule has 0 bridgehead atoms. The van der Waals surface area contributed by atoms with Crippen LogP contribution in [0.3, 0.4) is 0 Å². The van der Waals surface area contributed by atoms with Crippen LogP contribution in [0.4, 0.5) is 26.3 Å². The second-order valence-electron chi connectivity index (χ2n) is 10.5. The fraction of sp³-hybridized carbons (Fsp3) is 0.400. The molecule has 0 amide bonds. The number of aromatic nitrogens is 5. The minimum Gasteiger partial charge on any atom is -0.272 e. The third-order valence-electron chi connectivity index (χ3n) is 7.94. The van der Waals surface area contributed by atoms with Gasteiger partial charge in [-0.25, -0.2) is 17.9 Å². The molecule has 1 saturated carbocycles. The first-order valence-electron chi connectivity index (χ1n) is 13.7. The average Bonchev–Trinajstić information content (AvgIpc) is 3.39. The van der Waals surface area contributed by atoms with Crippen LogP contribution in [-0.2, 0) is 19.3 Å². The zero-order valence-corrected chi connectivity index (χ0v) is 23.0. The fourth-order valence-corrected chi connectivity index (χ4v) is 5.87. The first-order chi connectivity index (χ1) is 20.0. The summed E-state index contributed by atoms with van der Waals surface area (Å²) >= 11 is 0. The van der Waals surface area contributed by atoms with Crippen LogP contribution >= 0.6 is 0 Å².